The van der Waals surface area contributed by atoms with E-state index in [1.54, 1.807) is 28.7 Å². The Bertz CT molecular complexity index is 889. The molecule has 2 bridgehead atoms. The Hall–Kier alpha value is -2.02. The average Bonchev–Trinajstić information content (AvgIpc) is 3.27. The van der Waals surface area contributed by atoms with Crippen LogP contribution in [0.4, 0.5) is 5.69 Å². The Morgan fingerprint density at radius 1 is 1.25 bits per heavy atom. The molecule has 0 radical (unpaired) electrons. The maximum absolute atomic E-state index is 14.0. The topological polar surface area (TPSA) is 66.9 Å². The number of hydrazine groups is 1. The molecule has 3 aliphatic rings. The Balaban J connectivity index is 1.54. The van der Waals surface area contributed by atoms with Gasteiger partial charge in [-0.25, -0.2) is 10.0 Å². The molecule has 32 heavy (non-hydrogen) atoms. The van der Waals surface area contributed by atoms with Gasteiger partial charge in [-0.3, -0.25) is 14.4 Å². The summed E-state index contributed by atoms with van der Waals surface area (Å²) in [5.74, 6) is 0.959. The zero-order valence-corrected chi connectivity index (χ0v) is 20.3. The molecule has 1 aromatic rings. The summed E-state index contributed by atoms with van der Waals surface area (Å²) in [5, 5.41) is 3.51. The van der Waals surface area contributed by atoms with Gasteiger partial charge in [-0.2, -0.15) is 11.8 Å². The summed E-state index contributed by atoms with van der Waals surface area (Å²) in [5.41, 5.74) is 0.150. The highest BCUT2D eigenvalue weighted by Gasteiger charge is 2.75. The molecule has 2 saturated carbocycles. The quantitative estimate of drug-likeness (QED) is 0.539. The van der Waals surface area contributed by atoms with Crippen LogP contribution in [0, 0.1) is 16.7 Å². The lowest BCUT2D eigenvalue weighted by atomic mass is 9.67. The van der Waals surface area contributed by atoms with Crippen molar-refractivity contribution in [3.05, 3.63) is 30.3 Å². The van der Waals surface area contributed by atoms with Gasteiger partial charge in [0.1, 0.15) is 0 Å². The summed E-state index contributed by atoms with van der Waals surface area (Å²) < 4.78 is 4.98. The third-order valence-electron chi connectivity index (χ3n) is 7.95. The van der Waals surface area contributed by atoms with E-state index in [0.29, 0.717) is 31.1 Å². The molecule has 0 unspecified atom stereocenters. The van der Waals surface area contributed by atoms with Crippen LogP contribution in [-0.2, 0) is 19.1 Å². The van der Waals surface area contributed by atoms with Crippen LogP contribution in [0.15, 0.2) is 30.3 Å². The van der Waals surface area contributed by atoms with Crippen LogP contribution in [0.2, 0.25) is 0 Å². The highest BCUT2D eigenvalue weighted by Crippen LogP contribution is 2.70. The lowest BCUT2D eigenvalue weighted by Crippen LogP contribution is -2.48. The third kappa shape index (κ3) is 3.53. The second kappa shape index (κ2) is 8.73. The SMILES string of the molecule is CCOC(=O)CCS[C@H](C)CC(=O)N1[C@@H]2C[C@H]3CC[C@]2(C(=O)N1c1ccccc1)C3(C)C. The molecule has 2 aliphatic carbocycles. The fraction of sp³-hybridized carbons (Fsp3) is 0.640. The molecule has 1 heterocycles. The van der Waals surface area contributed by atoms with Crippen molar-refractivity contribution in [2.75, 3.05) is 17.4 Å². The second-order valence-electron chi connectivity index (χ2n) is 9.81. The minimum absolute atomic E-state index is 0.0106. The first-order valence-electron chi connectivity index (χ1n) is 11.7. The number of carbonyl (C=O) groups excluding carboxylic acids is 3. The highest BCUT2D eigenvalue weighted by atomic mass is 32.2. The number of benzene rings is 1. The number of ether oxygens (including phenoxy) is 1. The number of thioether (sulfide) groups is 1. The molecule has 2 amide bonds. The van der Waals surface area contributed by atoms with E-state index in [1.165, 1.54) is 0 Å². The number of nitrogens with zero attached hydrogens (tertiary/aromatic N) is 2. The summed E-state index contributed by atoms with van der Waals surface area (Å²) in [7, 11) is 0. The fourth-order valence-electron chi connectivity index (χ4n) is 6.26. The van der Waals surface area contributed by atoms with Gasteiger partial charge in [0.05, 0.1) is 30.2 Å². The number of hydrogen-bond donors (Lipinski definition) is 0. The lowest BCUT2D eigenvalue weighted by Gasteiger charge is -2.35. The predicted octanol–water partition coefficient (Wildman–Crippen LogP) is 4.44. The molecule has 1 aliphatic heterocycles. The summed E-state index contributed by atoms with van der Waals surface area (Å²) in [6.07, 6.45) is 3.47. The van der Waals surface area contributed by atoms with E-state index in [9.17, 15) is 14.4 Å². The predicted molar refractivity (Wildman–Crippen MR) is 126 cm³/mol. The normalized spacial score (nSPS) is 28.7. The number of rotatable bonds is 8. The van der Waals surface area contributed by atoms with Gasteiger partial charge in [0, 0.05) is 17.4 Å². The number of esters is 1. The number of anilines is 1. The number of amides is 2. The number of hydrogen-bond acceptors (Lipinski definition) is 5. The van der Waals surface area contributed by atoms with Crippen molar-refractivity contribution in [2.24, 2.45) is 16.7 Å². The molecule has 1 aromatic carbocycles. The number of carbonyl (C=O) groups is 3. The largest absolute Gasteiger partial charge is 0.466 e. The smallest absolute Gasteiger partial charge is 0.306 e. The van der Waals surface area contributed by atoms with E-state index in [0.717, 1.165) is 24.9 Å². The van der Waals surface area contributed by atoms with E-state index < -0.39 is 5.41 Å². The van der Waals surface area contributed by atoms with Crippen LogP contribution >= 0.6 is 11.8 Å². The van der Waals surface area contributed by atoms with Gasteiger partial charge < -0.3 is 4.74 Å². The summed E-state index contributed by atoms with van der Waals surface area (Å²) in [6.45, 7) is 8.63. The monoisotopic (exact) mass is 458 g/mol. The van der Waals surface area contributed by atoms with Gasteiger partial charge in [0.15, 0.2) is 0 Å². The second-order valence-corrected chi connectivity index (χ2v) is 11.4. The van der Waals surface area contributed by atoms with Gasteiger partial charge in [-0.15, -0.1) is 0 Å². The van der Waals surface area contributed by atoms with Gasteiger partial charge in [-0.05, 0) is 49.7 Å². The van der Waals surface area contributed by atoms with Crippen LogP contribution in [0.5, 0.6) is 0 Å². The Morgan fingerprint density at radius 3 is 2.62 bits per heavy atom. The Morgan fingerprint density at radius 2 is 1.97 bits per heavy atom. The van der Waals surface area contributed by atoms with Crippen molar-refractivity contribution >= 4 is 35.2 Å². The van der Waals surface area contributed by atoms with Crippen molar-refractivity contribution in [3.63, 3.8) is 0 Å². The standard InChI is InChI=1S/C25H34N2O4S/c1-5-31-22(29)12-14-32-17(2)15-21(28)27-20-16-18-11-13-25(20,24(18,3)4)23(30)26(27)19-9-7-6-8-10-19/h6-10,17-18,20H,5,11-16H2,1-4H3/t17-,18-,20-,25+/m1/s1. The van der Waals surface area contributed by atoms with E-state index in [1.807, 2.05) is 37.3 Å². The summed E-state index contributed by atoms with van der Waals surface area (Å²) in [4.78, 5) is 39.2. The van der Waals surface area contributed by atoms with Gasteiger partial charge in [-0.1, -0.05) is 39.0 Å². The first-order valence-corrected chi connectivity index (χ1v) is 12.8. The first kappa shape index (κ1) is 23.1. The molecule has 7 heteroatoms. The number of fused-ring (bicyclic) bond motifs is 1. The highest BCUT2D eigenvalue weighted by molar-refractivity contribution is 7.99. The zero-order valence-electron chi connectivity index (χ0n) is 19.5. The van der Waals surface area contributed by atoms with Crippen molar-refractivity contribution in [1.29, 1.82) is 0 Å². The van der Waals surface area contributed by atoms with E-state index in [2.05, 4.69) is 13.8 Å². The molecule has 3 fully saturated rings. The molecule has 174 valence electrons. The Kier molecular flexibility index (Phi) is 6.31. The van der Waals surface area contributed by atoms with Crippen LogP contribution < -0.4 is 5.01 Å². The van der Waals surface area contributed by atoms with E-state index in [4.69, 9.17) is 4.74 Å². The molecular weight excluding hydrogens is 424 g/mol. The van der Waals surface area contributed by atoms with Crippen LogP contribution in [0.3, 0.4) is 0 Å². The number of para-hydroxylation sites is 1. The van der Waals surface area contributed by atoms with Crippen molar-refractivity contribution in [2.45, 2.75) is 71.1 Å². The van der Waals surface area contributed by atoms with Crippen molar-refractivity contribution in [3.8, 4) is 0 Å². The minimum atomic E-state index is -0.497. The maximum Gasteiger partial charge on any atom is 0.306 e. The maximum atomic E-state index is 14.0. The molecule has 1 spiro atoms. The molecule has 0 aromatic heterocycles. The van der Waals surface area contributed by atoms with E-state index in [-0.39, 0.29) is 34.5 Å². The van der Waals surface area contributed by atoms with Gasteiger partial charge in [0.2, 0.25) is 5.91 Å². The van der Waals surface area contributed by atoms with Crippen LogP contribution in [0.1, 0.15) is 59.8 Å². The third-order valence-corrected chi connectivity index (χ3v) is 9.13. The minimum Gasteiger partial charge on any atom is -0.466 e. The first-order chi connectivity index (χ1) is 15.2. The van der Waals surface area contributed by atoms with Crippen molar-refractivity contribution < 1.29 is 19.1 Å². The summed E-state index contributed by atoms with van der Waals surface area (Å²) >= 11 is 1.60. The molecule has 1 saturated heterocycles. The zero-order chi connectivity index (χ0) is 23.1. The van der Waals surface area contributed by atoms with Crippen LogP contribution in [0.25, 0.3) is 0 Å². The van der Waals surface area contributed by atoms with Gasteiger partial charge in [0.25, 0.3) is 5.91 Å². The molecule has 4 rings (SSSR count). The van der Waals surface area contributed by atoms with Crippen molar-refractivity contribution in [1.82, 2.24) is 5.01 Å². The summed E-state index contributed by atoms with van der Waals surface area (Å²) in [6, 6.07) is 9.49. The molecule has 4 atom stereocenters. The van der Waals surface area contributed by atoms with Crippen LogP contribution in [-0.4, -0.2) is 46.4 Å². The Labute approximate surface area is 195 Å². The average molecular weight is 459 g/mol. The van der Waals surface area contributed by atoms with E-state index >= 15 is 0 Å². The lowest BCUT2D eigenvalue weighted by molar-refractivity contribution is -0.142. The fourth-order valence-corrected chi connectivity index (χ4v) is 7.21. The van der Waals surface area contributed by atoms with Gasteiger partial charge >= 0.3 is 5.97 Å². The molecule has 0 N–H and O–H groups in total. The molecular formula is C25H34N2O4S. The molecule has 6 nitrogen and oxygen atoms in total.